The molecule has 7 heteroatoms. The van der Waals surface area contributed by atoms with Gasteiger partial charge in [0.25, 0.3) is 5.91 Å². The Balaban J connectivity index is 1.72. The minimum atomic E-state index is -0.661. The van der Waals surface area contributed by atoms with Crippen molar-refractivity contribution in [2.24, 2.45) is 5.92 Å². The van der Waals surface area contributed by atoms with Crippen molar-refractivity contribution in [3.8, 4) is 11.4 Å². The van der Waals surface area contributed by atoms with Crippen molar-refractivity contribution in [3.63, 3.8) is 0 Å². The summed E-state index contributed by atoms with van der Waals surface area (Å²) < 4.78 is 4.31. The molecule has 3 rings (SSSR count). The second-order valence-corrected chi connectivity index (χ2v) is 8.00. The molecular formula is C22H24N4O2S. The zero-order chi connectivity index (χ0) is 20.8. The van der Waals surface area contributed by atoms with Crippen LogP contribution in [-0.4, -0.2) is 27.2 Å². The molecule has 2 aromatic carbocycles. The van der Waals surface area contributed by atoms with Crippen LogP contribution in [0.5, 0.6) is 0 Å². The van der Waals surface area contributed by atoms with Gasteiger partial charge >= 0.3 is 0 Å². The lowest BCUT2D eigenvalue weighted by atomic mass is 10.0. The summed E-state index contributed by atoms with van der Waals surface area (Å²) in [5, 5.41) is 6.08. The van der Waals surface area contributed by atoms with Gasteiger partial charge in [0.15, 0.2) is 5.82 Å². The maximum atomic E-state index is 12.9. The molecule has 2 amide bonds. The van der Waals surface area contributed by atoms with Crippen molar-refractivity contribution in [1.82, 2.24) is 14.7 Å². The highest BCUT2D eigenvalue weighted by Gasteiger charge is 2.24. The van der Waals surface area contributed by atoms with Crippen LogP contribution >= 0.6 is 11.5 Å². The number of hydrogen-bond donors (Lipinski definition) is 2. The molecule has 3 aromatic rings. The van der Waals surface area contributed by atoms with E-state index in [2.05, 4.69) is 20.0 Å². The van der Waals surface area contributed by atoms with E-state index >= 15 is 0 Å². The van der Waals surface area contributed by atoms with Gasteiger partial charge in [0, 0.05) is 22.7 Å². The van der Waals surface area contributed by atoms with E-state index in [9.17, 15) is 9.59 Å². The van der Waals surface area contributed by atoms with Crippen LogP contribution in [0, 0.1) is 12.8 Å². The Labute approximate surface area is 174 Å². The first-order valence-corrected chi connectivity index (χ1v) is 10.3. The molecule has 1 heterocycles. The van der Waals surface area contributed by atoms with Crippen LogP contribution in [0.3, 0.4) is 0 Å². The monoisotopic (exact) mass is 408 g/mol. The molecular weight excluding hydrogens is 384 g/mol. The van der Waals surface area contributed by atoms with Gasteiger partial charge < -0.3 is 5.32 Å². The van der Waals surface area contributed by atoms with Crippen molar-refractivity contribution >= 4 is 28.5 Å². The molecule has 0 saturated heterocycles. The van der Waals surface area contributed by atoms with Gasteiger partial charge in [0.1, 0.15) is 6.04 Å². The van der Waals surface area contributed by atoms with Crippen molar-refractivity contribution in [3.05, 3.63) is 65.7 Å². The fourth-order valence-electron chi connectivity index (χ4n) is 2.94. The van der Waals surface area contributed by atoms with Gasteiger partial charge in [-0.15, -0.1) is 0 Å². The second-order valence-electron chi connectivity index (χ2n) is 7.25. The third-order valence-corrected chi connectivity index (χ3v) is 5.04. The van der Waals surface area contributed by atoms with E-state index in [4.69, 9.17) is 0 Å². The number of rotatable bonds is 7. The van der Waals surface area contributed by atoms with Crippen molar-refractivity contribution in [2.75, 3.05) is 5.32 Å². The fraction of sp³-hybridized carbons (Fsp3) is 0.273. The standard InChI is InChI=1S/C22H24N4O2S/c1-14(2)13-18(23-20(27)17-12-8-7-9-15(17)3)21(28)25-22-24-19(26-29-22)16-10-5-4-6-11-16/h4-12,14,18H,13H2,1-3H3,(H,23,27)(H,24,25,26,28). The molecule has 0 bridgehead atoms. The van der Waals surface area contributed by atoms with Gasteiger partial charge in [-0.3, -0.25) is 14.9 Å². The number of nitrogens with one attached hydrogen (secondary N) is 2. The highest BCUT2D eigenvalue weighted by atomic mass is 32.1. The number of nitrogens with zero attached hydrogens (tertiary/aromatic N) is 2. The van der Waals surface area contributed by atoms with Crippen LogP contribution in [-0.2, 0) is 4.79 Å². The van der Waals surface area contributed by atoms with E-state index in [1.165, 1.54) is 0 Å². The molecule has 0 spiro atoms. The van der Waals surface area contributed by atoms with Crippen molar-refractivity contribution in [1.29, 1.82) is 0 Å². The largest absolute Gasteiger partial charge is 0.340 e. The van der Waals surface area contributed by atoms with Gasteiger partial charge in [0.2, 0.25) is 11.0 Å². The molecule has 1 atom stereocenters. The molecule has 6 nitrogen and oxygen atoms in total. The summed E-state index contributed by atoms with van der Waals surface area (Å²) in [6.45, 7) is 5.90. The summed E-state index contributed by atoms with van der Waals surface area (Å²) in [5.41, 5.74) is 2.32. The van der Waals surface area contributed by atoms with Gasteiger partial charge in [-0.2, -0.15) is 9.36 Å². The lowest BCUT2D eigenvalue weighted by molar-refractivity contribution is -0.118. The Morgan fingerprint density at radius 3 is 2.41 bits per heavy atom. The number of amides is 2. The molecule has 2 N–H and O–H groups in total. The quantitative estimate of drug-likeness (QED) is 0.611. The summed E-state index contributed by atoms with van der Waals surface area (Å²) >= 11 is 1.12. The number of hydrogen-bond acceptors (Lipinski definition) is 5. The van der Waals surface area contributed by atoms with Crippen LogP contribution < -0.4 is 10.6 Å². The Morgan fingerprint density at radius 1 is 1.03 bits per heavy atom. The Kier molecular flexibility index (Phi) is 6.72. The van der Waals surface area contributed by atoms with Gasteiger partial charge in [-0.25, -0.2) is 0 Å². The van der Waals surface area contributed by atoms with E-state index < -0.39 is 6.04 Å². The highest BCUT2D eigenvalue weighted by molar-refractivity contribution is 7.10. The normalized spacial score (nSPS) is 11.9. The first-order chi connectivity index (χ1) is 13.9. The van der Waals surface area contributed by atoms with Crippen LogP contribution in [0.2, 0.25) is 0 Å². The molecule has 0 aliphatic rings. The van der Waals surface area contributed by atoms with Gasteiger partial charge in [-0.05, 0) is 30.9 Å². The lowest BCUT2D eigenvalue weighted by Gasteiger charge is -2.20. The van der Waals surface area contributed by atoms with Crippen LogP contribution in [0.15, 0.2) is 54.6 Å². The summed E-state index contributed by atoms with van der Waals surface area (Å²) in [4.78, 5) is 29.9. The van der Waals surface area contributed by atoms with Gasteiger partial charge in [0.05, 0.1) is 0 Å². The number of benzene rings is 2. The minimum absolute atomic E-state index is 0.234. The first kappa shape index (κ1) is 20.7. The number of aryl methyl sites for hydroxylation is 1. The predicted molar refractivity (Wildman–Crippen MR) is 116 cm³/mol. The van der Waals surface area contributed by atoms with Gasteiger partial charge in [-0.1, -0.05) is 62.4 Å². The number of aromatic nitrogens is 2. The summed E-state index contributed by atoms with van der Waals surface area (Å²) in [7, 11) is 0. The zero-order valence-electron chi connectivity index (χ0n) is 16.7. The van der Waals surface area contributed by atoms with Crippen LogP contribution in [0.1, 0.15) is 36.2 Å². The topological polar surface area (TPSA) is 84.0 Å². The lowest BCUT2D eigenvalue weighted by Crippen LogP contribution is -2.44. The summed E-state index contributed by atoms with van der Waals surface area (Å²) in [5.74, 6) is 0.245. The molecule has 1 aromatic heterocycles. The van der Waals surface area contributed by atoms with E-state index in [0.29, 0.717) is 22.9 Å². The van der Waals surface area contributed by atoms with E-state index in [0.717, 1.165) is 22.7 Å². The molecule has 0 fully saturated rings. The Morgan fingerprint density at radius 2 is 1.72 bits per heavy atom. The average Bonchev–Trinajstić information content (AvgIpc) is 3.16. The average molecular weight is 409 g/mol. The third kappa shape index (κ3) is 5.48. The first-order valence-electron chi connectivity index (χ1n) is 9.50. The summed E-state index contributed by atoms with van der Waals surface area (Å²) in [6.07, 6.45) is 0.522. The fourth-order valence-corrected chi connectivity index (χ4v) is 3.53. The SMILES string of the molecule is Cc1ccccc1C(=O)NC(CC(C)C)C(=O)Nc1nc(-c2ccccc2)ns1. The van der Waals surface area contributed by atoms with E-state index in [1.807, 2.05) is 69.3 Å². The highest BCUT2D eigenvalue weighted by Crippen LogP contribution is 2.21. The van der Waals surface area contributed by atoms with Crippen molar-refractivity contribution in [2.45, 2.75) is 33.2 Å². The number of carbonyl (C=O) groups is 2. The van der Waals surface area contributed by atoms with E-state index in [1.54, 1.807) is 6.07 Å². The molecule has 0 radical (unpaired) electrons. The molecule has 150 valence electrons. The Hall–Kier alpha value is -3.06. The number of carbonyl (C=O) groups excluding carboxylic acids is 2. The smallest absolute Gasteiger partial charge is 0.252 e. The molecule has 0 aliphatic heterocycles. The molecule has 0 aliphatic carbocycles. The predicted octanol–water partition coefficient (Wildman–Crippen LogP) is 4.30. The van der Waals surface area contributed by atoms with Crippen LogP contribution in [0.25, 0.3) is 11.4 Å². The van der Waals surface area contributed by atoms with Crippen molar-refractivity contribution < 1.29 is 9.59 Å². The molecule has 29 heavy (non-hydrogen) atoms. The third-order valence-electron chi connectivity index (χ3n) is 4.41. The van der Waals surface area contributed by atoms with Crippen LogP contribution in [0.4, 0.5) is 5.13 Å². The van der Waals surface area contributed by atoms with E-state index in [-0.39, 0.29) is 17.7 Å². The minimum Gasteiger partial charge on any atom is -0.340 e. The zero-order valence-corrected chi connectivity index (χ0v) is 17.5. The maximum Gasteiger partial charge on any atom is 0.252 e. The number of anilines is 1. The summed E-state index contributed by atoms with van der Waals surface area (Å²) in [6, 6.07) is 16.2. The second kappa shape index (κ2) is 9.43. The molecule has 1 unspecified atom stereocenters. The Bertz CT molecular complexity index is 985. The maximum absolute atomic E-state index is 12.9. The molecule has 0 saturated carbocycles.